The van der Waals surface area contributed by atoms with Gasteiger partial charge in [-0.25, -0.2) is 0 Å². The lowest BCUT2D eigenvalue weighted by molar-refractivity contribution is -0.384. The summed E-state index contributed by atoms with van der Waals surface area (Å²) in [5.41, 5.74) is 18.2. The number of aldehydes is 1. The predicted molar refractivity (Wildman–Crippen MR) is 156 cm³/mol. The Labute approximate surface area is 238 Å². The number of aliphatic carboxylic acids is 2. The summed E-state index contributed by atoms with van der Waals surface area (Å²) in [7, 11) is 1.65. The molecule has 1 atom stereocenters. The van der Waals surface area contributed by atoms with Crippen LogP contribution in [0.4, 0.5) is 5.69 Å². The number of nitrogens with two attached hydrogens (primary N) is 3. The van der Waals surface area contributed by atoms with Crippen LogP contribution in [-0.4, -0.2) is 53.1 Å². The van der Waals surface area contributed by atoms with Crippen LogP contribution in [-0.2, 0) is 22.6 Å². The quantitative estimate of drug-likeness (QED) is 0.0972. The van der Waals surface area contributed by atoms with Crippen molar-refractivity contribution >= 4 is 23.9 Å². The van der Waals surface area contributed by atoms with Crippen LogP contribution in [0.25, 0.3) is 0 Å². The average Bonchev–Trinajstić information content (AvgIpc) is 2.98. The molecule has 12 heteroatoms. The molecule has 0 spiro atoms. The molecule has 8 N–H and O–H groups in total. The van der Waals surface area contributed by atoms with Gasteiger partial charge in [0.2, 0.25) is 0 Å². The van der Waals surface area contributed by atoms with Crippen molar-refractivity contribution < 1.29 is 34.3 Å². The molecule has 222 valence electrons. The van der Waals surface area contributed by atoms with Crippen molar-refractivity contribution in [3.63, 3.8) is 0 Å². The number of non-ortho nitro benzene ring substituents is 1. The molecule has 0 aromatic heterocycles. The lowest BCUT2D eigenvalue weighted by Gasteiger charge is -2.03. The van der Waals surface area contributed by atoms with Gasteiger partial charge in [0.15, 0.2) is 0 Å². The Balaban J connectivity index is 0.000000521. The lowest BCUT2D eigenvalue weighted by atomic mass is 10.1. The van der Waals surface area contributed by atoms with Gasteiger partial charge < -0.3 is 32.2 Å². The van der Waals surface area contributed by atoms with E-state index in [4.69, 9.17) is 32.2 Å². The fourth-order valence-electron chi connectivity index (χ4n) is 2.95. The first-order valence-electron chi connectivity index (χ1n) is 12.5. The molecule has 0 radical (unpaired) electrons. The lowest BCUT2D eigenvalue weighted by Crippen LogP contribution is -2.29. The summed E-state index contributed by atoms with van der Waals surface area (Å²) in [4.78, 5) is 40.0. The van der Waals surface area contributed by atoms with Crippen LogP contribution >= 0.6 is 0 Å². The summed E-state index contributed by atoms with van der Waals surface area (Å²) in [5.74, 6) is -0.853. The van der Waals surface area contributed by atoms with Crippen molar-refractivity contribution in [3.8, 4) is 5.75 Å². The maximum Gasteiger partial charge on any atom is 0.320 e. The molecule has 0 unspecified atom stereocenters. The third kappa shape index (κ3) is 17.5. The Morgan fingerprint density at radius 2 is 1.54 bits per heavy atom. The zero-order valence-electron chi connectivity index (χ0n) is 22.9. The van der Waals surface area contributed by atoms with Crippen LogP contribution in [0.2, 0.25) is 0 Å². The SMILES string of the molecule is COc1ccccc1CN.NCCCC[C@H](N)C(=O)O.O=C(O)Cc1ccccc1.O=Cc1ccc([N+](=O)[O-])cc1. The van der Waals surface area contributed by atoms with Crippen molar-refractivity contribution in [2.75, 3.05) is 13.7 Å². The number of nitro benzene ring substituents is 1. The second-order valence-electron chi connectivity index (χ2n) is 8.27. The molecule has 3 rings (SSSR count). The summed E-state index contributed by atoms with van der Waals surface area (Å²) in [6, 6.07) is 21.6. The Morgan fingerprint density at radius 1 is 0.951 bits per heavy atom. The van der Waals surface area contributed by atoms with E-state index in [9.17, 15) is 24.5 Å². The van der Waals surface area contributed by atoms with Gasteiger partial charge in [-0.15, -0.1) is 0 Å². The van der Waals surface area contributed by atoms with E-state index < -0.39 is 22.9 Å². The highest BCUT2D eigenvalue weighted by molar-refractivity contribution is 5.75. The first kappa shape index (κ1) is 36.4. The molecule has 0 amide bonds. The van der Waals surface area contributed by atoms with Crippen molar-refractivity contribution in [2.45, 2.75) is 38.3 Å². The summed E-state index contributed by atoms with van der Waals surface area (Å²) < 4.78 is 5.06. The molecule has 3 aromatic carbocycles. The number of rotatable bonds is 11. The molecule has 0 fully saturated rings. The van der Waals surface area contributed by atoms with E-state index >= 15 is 0 Å². The van der Waals surface area contributed by atoms with Crippen LogP contribution in [0, 0.1) is 10.1 Å². The summed E-state index contributed by atoms with van der Waals surface area (Å²) in [5, 5.41) is 26.8. The number of hydrogen-bond acceptors (Lipinski definition) is 9. The van der Waals surface area contributed by atoms with Gasteiger partial charge >= 0.3 is 11.9 Å². The predicted octanol–water partition coefficient (Wildman–Crippen LogP) is 3.40. The normalized spacial score (nSPS) is 10.1. The van der Waals surface area contributed by atoms with Gasteiger partial charge in [-0.1, -0.05) is 55.0 Å². The summed E-state index contributed by atoms with van der Waals surface area (Å²) >= 11 is 0. The number of carboxylic acids is 2. The van der Waals surface area contributed by atoms with Crippen LogP contribution in [0.5, 0.6) is 5.75 Å². The molecule has 0 aliphatic rings. The summed E-state index contributed by atoms with van der Waals surface area (Å²) in [6.45, 7) is 1.14. The van der Waals surface area contributed by atoms with E-state index in [0.29, 0.717) is 31.4 Å². The standard InChI is InChI=1S/C8H11NO.C8H8O2.C7H5NO3.C6H14N2O2/c1-10-8-5-3-2-4-7(8)6-9;9-8(10)6-7-4-2-1-3-5-7;9-5-6-1-3-7(4-2-6)8(10)11;7-4-2-1-3-5(8)6(9)10/h2-5H,6,9H2,1H3;1-5H,6H2,(H,9,10);1-5H;5H,1-4,7-8H2,(H,9,10)/t;;;5-/m...0/s1. The number of nitro groups is 1. The third-order valence-electron chi connectivity index (χ3n) is 5.14. The van der Waals surface area contributed by atoms with E-state index in [-0.39, 0.29) is 12.1 Å². The van der Waals surface area contributed by atoms with Gasteiger partial charge in [0.05, 0.1) is 18.5 Å². The molecule has 12 nitrogen and oxygen atoms in total. The third-order valence-corrected chi connectivity index (χ3v) is 5.14. The number of carboxylic acid groups (broad SMARTS) is 2. The number of unbranched alkanes of at least 4 members (excludes halogenated alkanes) is 1. The number of para-hydroxylation sites is 1. The molecule has 0 aliphatic carbocycles. The monoisotopic (exact) mass is 570 g/mol. The Hall–Kier alpha value is -4.65. The largest absolute Gasteiger partial charge is 0.496 e. The second-order valence-corrected chi connectivity index (χ2v) is 8.27. The van der Waals surface area contributed by atoms with Gasteiger partial charge in [0, 0.05) is 29.8 Å². The average molecular weight is 571 g/mol. The minimum atomic E-state index is -0.933. The summed E-state index contributed by atoms with van der Waals surface area (Å²) in [6.07, 6.45) is 2.92. The second kappa shape index (κ2) is 22.2. The molecular weight excluding hydrogens is 532 g/mol. The first-order chi connectivity index (χ1) is 19.6. The fourth-order valence-corrected chi connectivity index (χ4v) is 2.95. The maximum absolute atomic E-state index is 10.2. The zero-order valence-corrected chi connectivity index (χ0v) is 22.9. The topological polar surface area (TPSA) is 222 Å². The molecule has 41 heavy (non-hydrogen) atoms. The van der Waals surface area contributed by atoms with Crippen molar-refractivity contribution in [3.05, 3.63) is 106 Å². The number of benzene rings is 3. The highest BCUT2D eigenvalue weighted by atomic mass is 16.6. The molecule has 0 heterocycles. The van der Waals surface area contributed by atoms with Crippen LogP contribution in [0.1, 0.15) is 40.7 Å². The van der Waals surface area contributed by atoms with E-state index in [1.165, 1.54) is 24.3 Å². The van der Waals surface area contributed by atoms with E-state index in [2.05, 4.69) is 0 Å². The molecule has 0 saturated carbocycles. The van der Waals surface area contributed by atoms with Crippen LogP contribution < -0.4 is 21.9 Å². The van der Waals surface area contributed by atoms with Gasteiger partial charge in [-0.3, -0.25) is 24.5 Å². The molecule has 0 saturated heterocycles. The number of methoxy groups -OCH3 is 1. The fraction of sp³-hybridized carbons (Fsp3) is 0.276. The number of ether oxygens (including phenoxy) is 1. The zero-order chi connectivity index (χ0) is 31.0. The van der Waals surface area contributed by atoms with Crippen molar-refractivity contribution in [2.24, 2.45) is 17.2 Å². The van der Waals surface area contributed by atoms with Crippen molar-refractivity contribution in [1.82, 2.24) is 0 Å². The molecular formula is C29H38N4O8. The van der Waals surface area contributed by atoms with Gasteiger partial charge in [0.25, 0.3) is 5.69 Å². The minimum absolute atomic E-state index is 0.00407. The van der Waals surface area contributed by atoms with Crippen molar-refractivity contribution in [1.29, 1.82) is 0 Å². The Morgan fingerprint density at radius 3 is 1.98 bits per heavy atom. The number of carbonyl (C=O) groups is 3. The highest BCUT2D eigenvalue weighted by Crippen LogP contribution is 2.15. The van der Waals surface area contributed by atoms with Gasteiger partial charge in [0.1, 0.15) is 18.1 Å². The molecule has 3 aromatic rings. The molecule has 0 aliphatic heterocycles. The smallest absolute Gasteiger partial charge is 0.320 e. The van der Waals surface area contributed by atoms with E-state index in [1.807, 2.05) is 42.5 Å². The Kier molecular flexibility index (Phi) is 19.7. The minimum Gasteiger partial charge on any atom is -0.496 e. The Bertz CT molecular complexity index is 1150. The number of carbonyl (C=O) groups excluding carboxylic acids is 1. The van der Waals surface area contributed by atoms with E-state index in [1.54, 1.807) is 19.2 Å². The highest BCUT2D eigenvalue weighted by Gasteiger charge is 2.09. The first-order valence-corrected chi connectivity index (χ1v) is 12.5. The van der Waals surface area contributed by atoms with Crippen LogP contribution in [0.15, 0.2) is 78.9 Å². The number of nitrogens with zero attached hydrogens (tertiary/aromatic N) is 1. The van der Waals surface area contributed by atoms with Crippen LogP contribution in [0.3, 0.4) is 0 Å². The van der Waals surface area contributed by atoms with Gasteiger partial charge in [-0.2, -0.15) is 0 Å². The van der Waals surface area contributed by atoms with E-state index in [0.717, 1.165) is 29.7 Å². The molecule has 0 bridgehead atoms. The maximum atomic E-state index is 10.2. The van der Waals surface area contributed by atoms with Gasteiger partial charge in [-0.05, 0) is 43.1 Å². The number of hydrogen-bond donors (Lipinski definition) is 5.